The topological polar surface area (TPSA) is 24.9 Å². The number of aryl methyl sites for hydroxylation is 1. The number of nitrogens with zero attached hydrogens (tertiary/aromatic N) is 1. The lowest BCUT2D eigenvalue weighted by Crippen LogP contribution is -2.13. The average molecular weight is 226 g/mol. The molecule has 2 nitrogen and oxygen atoms in total. The van der Waals surface area contributed by atoms with E-state index in [-0.39, 0.29) is 0 Å². The molecule has 0 spiro atoms. The van der Waals surface area contributed by atoms with Gasteiger partial charge in [0.25, 0.3) is 0 Å². The van der Waals surface area contributed by atoms with Crippen LogP contribution in [0.25, 0.3) is 0 Å². The molecule has 0 aromatic carbocycles. The monoisotopic (exact) mass is 226 g/mol. The molecule has 0 saturated carbocycles. The van der Waals surface area contributed by atoms with E-state index in [0.717, 1.165) is 19.5 Å². The molecule has 1 heterocycles. The van der Waals surface area contributed by atoms with Crippen molar-refractivity contribution in [2.24, 2.45) is 0 Å². The van der Waals surface area contributed by atoms with Crippen LogP contribution in [-0.4, -0.2) is 11.5 Å². The fraction of sp³-hybridized carbons (Fsp3) is 0.750. The Kier molecular flexibility index (Phi) is 5.26. The van der Waals surface area contributed by atoms with Gasteiger partial charge in [-0.3, -0.25) is 0 Å². The summed E-state index contributed by atoms with van der Waals surface area (Å²) in [5.41, 5.74) is 1.28. The van der Waals surface area contributed by atoms with Crippen LogP contribution in [0.1, 0.15) is 55.6 Å². The number of rotatable bonds is 6. The number of aromatic nitrogens is 1. The van der Waals surface area contributed by atoms with Gasteiger partial charge in [-0.1, -0.05) is 27.7 Å². The van der Waals surface area contributed by atoms with E-state index in [1.807, 2.05) is 11.3 Å². The third kappa shape index (κ3) is 3.58. The van der Waals surface area contributed by atoms with Crippen LogP contribution in [0.3, 0.4) is 0 Å². The fourth-order valence-corrected chi connectivity index (χ4v) is 2.57. The maximum atomic E-state index is 4.69. The van der Waals surface area contributed by atoms with E-state index >= 15 is 0 Å². The summed E-state index contributed by atoms with van der Waals surface area (Å²) in [4.78, 5) is 6.11. The normalized spacial score (nSPS) is 11.3. The Morgan fingerprint density at radius 1 is 1.33 bits per heavy atom. The van der Waals surface area contributed by atoms with Crippen molar-refractivity contribution in [2.45, 2.75) is 53.0 Å². The Morgan fingerprint density at radius 3 is 2.60 bits per heavy atom. The SMILES string of the molecule is CCCNCc1sc(C(C)C)nc1CC. The Morgan fingerprint density at radius 2 is 2.07 bits per heavy atom. The lowest BCUT2D eigenvalue weighted by molar-refractivity contribution is 0.676. The maximum Gasteiger partial charge on any atom is 0.0957 e. The van der Waals surface area contributed by atoms with Gasteiger partial charge < -0.3 is 5.32 Å². The van der Waals surface area contributed by atoms with E-state index in [9.17, 15) is 0 Å². The molecule has 1 rings (SSSR count). The number of nitrogens with one attached hydrogen (secondary N) is 1. The Bertz CT molecular complexity index is 292. The van der Waals surface area contributed by atoms with Gasteiger partial charge >= 0.3 is 0 Å². The molecule has 0 aliphatic carbocycles. The molecule has 15 heavy (non-hydrogen) atoms. The molecule has 0 unspecified atom stereocenters. The highest BCUT2D eigenvalue weighted by molar-refractivity contribution is 7.11. The predicted molar refractivity (Wildman–Crippen MR) is 67.6 cm³/mol. The van der Waals surface area contributed by atoms with Gasteiger partial charge in [0.1, 0.15) is 0 Å². The highest BCUT2D eigenvalue weighted by atomic mass is 32.1. The average Bonchev–Trinajstić information content (AvgIpc) is 2.62. The quantitative estimate of drug-likeness (QED) is 0.753. The third-order valence-electron chi connectivity index (χ3n) is 2.34. The van der Waals surface area contributed by atoms with Crippen molar-refractivity contribution in [1.29, 1.82) is 0 Å². The minimum Gasteiger partial charge on any atom is -0.312 e. The van der Waals surface area contributed by atoms with Gasteiger partial charge in [0, 0.05) is 17.3 Å². The molecule has 1 aromatic heterocycles. The van der Waals surface area contributed by atoms with Crippen molar-refractivity contribution in [3.8, 4) is 0 Å². The van der Waals surface area contributed by atoms with E-state index in [0.29, 0.717) is 5.92 Å². The molecule has 0 amide bonds. The van der Waals surface area contributed by atoms with E-state index in [4.69, 9.17) is 0 Å². The highest BCUT2D eigenvalue weighted by Gasteiger charge is 2.11. The second-order valence-corrected chi connectivity index (χ2v) is 5.22. The van der Waals surface area contributed by atoms with Gasteiger partial charge in [-0.2, -0.15) is 0 Å². The van der Waals surface area contributed by atoms with E-state index in [1.54, 1.807) is 0 Å². The summed E-state index contributed by atoms with van der Waals surface area (Å²) in [6.07, 6.45) is 2.24. The molecule has 3 heteroatoms. The van der Waals surface area contributed by atoms with Crippen LogP contribution in [0.4, 0.5) is 0 Å². The molecule has 0 atom stereocenters. The van der Waals surface area contributed by atoms with Crippen molar-refractivity contribution in [2.75, 3.05) is 6.54 Å². The molecule has 0 saturated heterocycles. The zero-order chi connectivity index (χ0) is 11.3. The standard InChI is InChI=1S/C12H22N2S/c1-5-7-13-8-11-10(6-2)14-12(15-11)9(3)4/h9,13H,5-8H2,1-4H3. The lowest BCUT2D eigenvalue weighted by atomic mass is 10.2. The van der Waals surface area contributed by atoms with Gasteiger partial charge in [-0.05, 0) is 19.4 Å². The Balaban J connectivity index is 2.67. The fourth-order valence-electron chi connectivity index (χ4n) is 1.44. The maximum absolute atomic E-state index is 4.69. The molecular formula is C12H22N2S. The van der Waals surface area contributed by atoms with Crippen LogP contribution in [-0.2, 0) is 13.0 Å². The summed E-state index contributed by atoms with van der Waals surface area (Å²) in [5.74, 6) is 0.556. The van der Waals surface area contributed by atoms with Gasteiger partial charge in [0.05, 0.1) is 10.7 Å². The molecule has 0 fully saturated rings. The number of hydrogen-bond acceptors (Lipinski definition) is 3. The van der Waals surface area contributed by atoms with Gasteiger partial charge in [0.15, 0.2) is 0 Å². The zero-order valence-corrected chi connectivity index (χ0v) is 11.1. The van der Waals surface area contributed by atoms with Crippen molar-refractivity contribution >= 4 is 11.3 Å². The molecule has 0 bridgehead atoms. The van der Waals surface area contributed by atoms with Crippen molar-refractivity contribution in [1.82, 2.24) is 10.3 Å². The highest BCUT2D eigenvalue weighted by Crippen LogP contribution is 2.25. The first-order valence-electron chi connectivity index (χ1n) is 5.88. The lowest BCUT2D eigenvalue weighted by Gasteiger charge is -2.01. The minimum absolute atomic E-state index is 0.556. The van der Waals surface area contributed by atoms with Crippen LogP contribution < -0.4 is 5.32 Å². The van der Waals surface area contributed by atoms with Gasteiger partial charge in [0.2, 0.25) is 0 Å². The van der Waals surface area contributed by atoms with Crippen LogP contribution in [0.15, 0.2) is 0 Å². The van der Waals surface area contributed by atoms with Crippen LogP contribution >= 0.6 is 11.3 Å². The third-order valence-corrected chi connectivity index (χ3v) is 3.73. The first-order valence-corrected chi connectivity index (χ1v) is 6.69. The Hall–Kier alpha value is -0.410. The van der Waals surface area contributed by atoms with E-state index in [1.165, 1.54) is 22.0 Å². The molecule has 0 aliphatic rings. The second kappa shape index (κ2) is 6.23. The number of hydrogen-bond donors (Lipinski definition) is 1. The van der Waals surface area contributed by atoms with Crippen LogP contribution in [0, 0.1) is 0 Å². The van der Waals surface area contributed by atoms with Gasteiger partial charge in [-0.25, -0.2) is 4.98 Å². The Labute approximate surface area is 97.1 Å². The summed E-state index contributed by atoms with van der Waals surface area (Å²) in [6.45, 7) is 10.9. The van der Waals surface area contributed by atoms with Crippen molar-refractivity contribution < 1.29 is 0 Å². The summed E-state index contributed by atoms with van der Waals surface area (Å²) < 4.78 is 0. The van der Waals surface area contributed by atoms with Crippen molar-refractivity contribution in [3.05, 3.63) is 15.6 Å². The van der Waals surface area contributed by atoms with E-state index < -0.39 is 0 Å². The summed E-state index contributed by atoms with van der Waals surface area (Å²) in [5, 5.41) is 4.73. The summed E-state index contributed by atoms with van der Waals surface area (Å²) >= 11 is 1.87. The first-order chi connectivity index (χ1) is 7.19. The van der Waals surface area contributed by atoms with Crippen molar-refractivity contribution in [3.63, 3.8) is 0 Å². The van der Waals surface area contributed by atoms with Gasteiger partial charge in [-0.15, -0.1) is 11.3 Å². The summed E-state index contributed by atoms with van der Waals surface area (Å²) in [6, 6.07) is 0. The van der Waals surface area contributed by atoms with Crippen LogP contribution in [0.5, 0.6) is 0 Å². The number of thiazole rings is 1. The first kappa shape index (κ1) is 12.7. The van der Waals surface area contributed by atoms with E-state index in [2.05, 4.69) is 38.0 Å². The largest absolute Gasteiger partial charge is 0.312 e. The van der Waals surface area contributed by atoms with Crippen LogP contribution in [0.2, 0.25) is 0 Å². The molecule has 1 N–H and O–H groups in total. The molecule has 86 valence electrons. The smallest absolute Gasteiger partial charge is 0.0957 e. The molecule has 0 aliphatic heterocycles. The summed E-state index contributed by atoms with van der Waals surface area (Å²) in [7, 11) is 0. The minimum atomic E-state index is 0.556. The molecular weight excluding hydrogens is 204 g/mol. The zero-order valence-electron chi connectivity index (χ0n) is 10.3. The molecule has 1 aromatic rings. The molecule has 0 radical (unpaired) electrons. The predicted octanol–water partition coefficient (Wildman–Crippen LogP) is 3.33. The second-order valence-electron chi connectivity index (χ2n) is 4.11.